The Balaban J connectivity index is 2.12. The third-order valence-electron chi connectivity index (χ3n) is 4.26. The van der Waals surface area contributed by atoms with Crippen molar-refractivity contribution < 1.29 is 4.74 Å². The molecule has 0 aliphatic heterocycles. The highest BCUT2D eigenvalue weighted by atomic mass is 16.5. The maximum absolute atomic E-state index is 6.19. The average molecular weight is 244 g/mol. The summed E-state index contributed by atoms with van der Waals surface area (Å²) in [5.41, 5.74) is 5.68. The van der Waals surface area contributed by atoms with Gasteiger partial charge in [-0.1, -0.05) is 24.1 Å². The van der Waals surface area contributed by atoms with Gasteiger partial charge in [0.1, 0.15) is 11.9 Å². The van der Waals surface area contributed by atoms with E-state index in [0.717, 1.165) is 12.2 Å². The number of ether oxygens (including phenoxy) is 1. The summed E-state index contributed by atoms with van der Waals surface area (Å²) in [5.74, 6) is 1.62. The Morgan fingerprint density at radius 3 is 2.28 bits per heavy atom. The Labute approximate surface area is 111 Å². The van der Waals surface area contributed by atoms with Crippen LogP contribution in [0.2, 0.25) is 0 Å². The van der Waals surface area contributed by atoms with Crippen molar-refractivity contribution >= 4 is 0 Å². The largest absolute Gasteiger partial charge is 0.490 e. The molecule has 1 nitrogen and oxygen atoms in total. The van der Waals surface area contributed by atoms with Gasteiger partial charge in [-0.2, -0.15) is 0 Å². The number of hydrogen-bond acceptors (Lipinski definition) is 1. The minimum Gasteiger partial charge on any atom is -0.490 e. The van der Waals surface area contributed by atoms with E-state index < -0.39 is 0 Å². The van der Waals surface area contributed by atoms with Crippen molar-refractivity contribution in [1.82, 2.24) is 0 Å². The lowest BCUT2D eigenvalue weighted by Crippen LogP contribution is -2.29. The zero-order chi connectivity index (χ0) is 13.3. The summed E-state index contributed by atoms with van der Waals surface area (Å²) in [5, 5.41) is 0. The van der Waals surface area contributed by atoms with Crippen LogP contribution in [0, 0.1) is 19.8 Å². The van der Waals surface area contributed by atoms with E-state index in [1.165, 1.54) is 23.1 Å². The van der Waals surface area contributed by atoms with E-state index in [1.54, 1.807) is 5.57 Å². The van der Waals surface area contributed by atoms with Gasteiger partial charge in [-0.05, 0) is 63.3 Å². The van der Waals surface area contributed by atoms with E-state index in [1.807, 2.05) is 0 Å². The van der Waals surface area contributed by atoms with Gasteiger partial charge in [-0.25, -0.2) is 0 Å². The average Bonchev–Trinajstić information content (AvgIpc) is 2.31. The van der Waals surface area contributed by atoms with E-state index >= 15 is 0 Å². The number of rotatable bonds is 2. The maximum atomic E-state index is 6.19. The Morgan fingerprint density at radius 1 is 0.944 bits per heavy atom. The predicted molar refractivity (Wildman–Crippen MR) is 77.1 cm³/mol. The van der Waals surface area contributed by atoms with Crippen molar-refractivity contribution in [3.05, 3.63) is 40.5 Å². The van der Waals surface area contributed by atoms with Crippen LogP contribution in [-0.2, 0) is 0 Å². The molecule has 0 spiro atoms. The van der Waals surface area contributed by atoms with Crippen LogP contribution in [0.4, 0.5) is 0 Å². The molecule has 0 aromatic heterocycles. The first kappa shape index (κ1) is 13.2. The minimum absolute atomic E-state index is 0.329. The first-order valence-electron chi connectivity index (χ1n) is 6.86. The Bertz CT molecular complexity index is 470. The van der Waals surface area contributed by atoms with E-state index in [0.29, 0.717) is 12.0 Å². The van der Waals surface area contributed by atoms with Gasteiger partial charge in [-0.15, -0.1) is 0 Å². The molecule has 1 aromatic carbocycles. The van der Waals surface area contributed by atoms with Crippen LogP contribution in [0.5, 0.6) is 5.75 Å². The molecule has 1 aliphatic rings. The number of allylic oxidation sites excluding steroid dienone is 1. The second-order valence-corrected chi connectivity index (χ2v) is 5.85. The van der Waals surface area contributed by atoms with Crippen molar-refractivity contribution in [3.8, 4) is 5.75 Å². The summed E-state index contributed by atoms with van der Waals surface area (Å²) >= 11 is 0. The zero-order valence-corrected chi connectivity index (χ0v) is 12.2. The summed E-state index contributed by atoms with van der Waals surface area (Å²) in [7, 11) is 0. The molecule has 0 bridgehead atoms. The van der Waals surface area contributed by atoms with Gasteiger partial charge in [-0.3, -0.25) is 0 Å². The van der Waals surface area contributed by atoms with E-state index in [9.17, 15) is 0 Å². The van der Waals surface area contributed by atoms with E-state index in [-0.39, 0.29) is 0 Å². The minimum atomic E-state index is 0.329. The monoisotopic (exact) mass is 244 g/mol. The van der Waals surface area contributed by atoms with Gasteiger partial charge in [0.05, 0.1) is 0 Å². The Hall–Kier alpha value is -1.24. The Morgan fingerprint density at radius 2 is 1.61 bits per heavy atom. The fourth-order valence-corrected chi connectivity index (χ4v) is 2.59. The Kier molecular flexibility index (Phi) is 3.79. The maximum Gasteiger partial charge on any atom is 0.120 e. The molecule has 18 heavy (non-hydrogen) atoms. The molecule has 0 saturated heterocycles. The first-order valence-corrected chi connectivity index (χ1v) is 6.86. The quantitative estimate of drug-likeness (QED) is 0.678. The van der Waals surface area contributed by atoms with Crippen LogP contribution in [-0.4, -0.2) is 6.10 Å². The van der Waals surface area contributed by atoms with Crippen molar-refractivity contribution in [2.24, 2.45) is 5.92 Å². The molecular formula is C17H24O. The van der Waals surface area contributed by atoms with Crippen molar-refractivity contribution in [1.29, 1.82) is 0 Å². The fraction of sp³-hybridized carbons (Fsp3) is 0.529. The molecule has 98 valence electrons. The second kappa shape index (κ2) is 5.17. The van der Waals surface area contributed by atoms with Crippen LogP contribution in [0.1, 0.15) is 44.7 Å². The predicted octanol–water partition coefficient (Wildman–Crippen LogP) is 4.82. The van der Waals surface area contributed by atoms with Gasteiger partial charge < -0.3 is 4.74 Å². The molecule has 1 aliphatic carbocycles. The van der Waals surface area contributed by atoms with Gasteiger partial charge in [0.15, 0.2) is 0 Å². The molecule has 0 N–H and O–H groups in total. The molecule has 2 rings (SSSR count). The van der Waals surface area contributed by atoms with E-state index in [2.05, 4.69) is 52.8 Å². The van der Waals surface area contributed by atoms with Crippen molar-refractivity contribution in [2.75, 3.05) is 0 Å². The zero-order valence-electron chi connectivity index (χ0n) is 12.2. The van der Waals surface area contributed by atoms with Gasteiger partial charge in [0, 0.05) is 6.42 Å². The molecule has 0 heterocycles. The first-order chi connectivity index (χ1) is 8.47. The third-order valence-corrected chi connectivity index (χ3v) is 4.26. The number of hydrogen-bond donors (Lipinski definition) is 0. The summed E-state index contributed by atoms with van der Waals surface area (Å²) < 4.78 is 6.19. The van der Waals surface area contributed by atoms with E-state index in [4.69, 9.17) is 4.74 Å². The summed E-state index contributed by atoms with van der Waals surface area (Å²) in [6.45, 7) is 11.1. The normalized spacial score (nSPS) is 24.3. The van der Waals surface area contributed by atoms with Crippen LogP contribution < -0.4 is 4.74 Å². The molecule has 1 heteroatoms. The SMILES string of the molecule is CC1=C(C)C[C@@H](Oc2ccc(C)c(C)c2)[C@H](C)C1. The summed E-state index contributed by atoms with van der Waals surface area (Å²) in [6, 6.07) is 6.39. The summed E-state index contributed by atoms with van der Waals surface area (Å²) in [6.07, 6.45) is 2.57. The highest BCUT2D eigenvalue weighted by Gasteiger charge is 2.25. The highest BCUT2D eigenvalue weighted by Crippen LogP contribution is 2.32. The van der Waals surface area contributed by atoms with Crippen LogP contribution in [0.15, 0.2) is 29.3 Å². The molecule has 0 radical (unpaired) electrons. The fourth-order valence-electron chi connectivity index (χ4n) is 2.59. The number of benzene rings is 1. The van der Waals surface area contributed by atoms with Gasteiger partial charge >= 0.3 is 0 Å². The van der Waals surface area contributed by atoms with Crippen LogP contribution >= 0.6 is 0 Å². The van der Waals surface area contributed by atoms with Gasteiger partial charge in [0.2, 0.25) is 0 Å². The standard InChI is InChI=1S/C17H24O/c1-11-6-7-16(9-13(11)3)18-17-10-14(4)12(2)8-15(17)5/h6-7,9,15,17H,8,10H2,1-5H3/t15-,17-/m1/s1. The lowest BCUT2D eigenvalue weighted by Gasteiger charge is -2.31. The lowest BCUT2D eigenvalue weighted by molar-refractivity contribution is 0.134. The molecule has 1 aromatic rings. The topological polar surface area (TPSA) is 9.23 Å². The lowest BCUT2D eigenvalue weighted by atomic mass is 9.84. The smallest absolute Gasteiger partial charge is 0.120 e. The van der Waals surface area contributed by atoms with Crippen LogP contribution in [0.3, 0.4) is 0 Å². The molecule has 0 saturated carbocycles. The molecule has 2 atom stereocenters. The van der Waals surface area contributed by atoms with Crippen molar-refractivity contribution in [3.63, 3.8) is 0 Å². The number of aryl methyl sites for hydroxylation is 2. The summed E-state index contributed by atoms with van der Waals surface area (Å²) in [4.78, 5) is 0. The van der Waals surface area contributed by atoms with Crippen molar-refractivity contribution in [2.45, 2.75) is 53.6 Å². The molecule has 0 unspecified atom stereocenters. The third kappa shape index (κ3) is 2.77. The second-order valence-electron chi connectivity index (χ2n) is 5.85. The highest BCUT2D eigenvalue weighted by molar-refractivity contribution is 5.34. The molecule has 0 amide bonds. The van der Waals surface area contributed by atoms with Crippen LogP contribution in [0.25, 0.3) is 0 Å². The molecular weight excluding hydrogens is 220 g/mol. The van der Waals surface area contributed by atoms with Gasteiger partial charge in [0.25, 0.3) is 0 Å². The molecule has 0 fully saturated rings.